The zero-order valence-corrected chi connectivity index (χ0v) is 14.9. The molecule has 3 N–H and O–H groups in total. The Bertz CT molecular complexity index is 813. The normalized spacial score (nSPS) is 12.0. The second-order valence-corrected chi connectivity index (χ2v) is 6.99. The number of hydrogen-bond acceptors (Lipinski definition) is 5. The van der Waals surface area contributed by atoms with Crippen molar-refractivity contribution < 1.29 is 12.8 Å². The van der Waals surface area contributed by atoms with E-state index in [9.17, 15) is 8.42 Å². The highest BCUT2D eigenvalue weighted by molar-refractivity contribution is 7.89. The second kappa shape index (κ2) is 8.04. The number of rotatable bonds is 6. The molecule has 0 amide bonds. The van der Waals surface area contributed by atoms with E-state index in [2.05, 4.69) is 20.6 Å². The number of benzene rings is 1. The summed E-state index contributed by atoms with van der Waals surface area (Å²) in [7, 11) is -1.91. The third kappa shape index (κ3) is 4.88. The minimum atomic E-state index is -3.60. The van der Waals surface area contributed by atoms with E-state index in [1.54, 1.807) is 38.2 Å². The Hall–Kier alpha value is -2.23. The maximum Gasteiger partial charge on any atom is 0.240 e. The van der Waals surface area contributed by atoms with Crippen molar-refractivity contribution in [3.63, 3.8) is 0 Å². The fourth-order valence-corrected chi connectivity index (χ4v) is 2.83. The topological polar surface area (TPSA) is 95.7 Å². The molecule has 0 saturated heterocycles. The molecule has 0 aliphatic heterocycles. The van der Waals surface area contributed by atoms with Gasteiger partial charge in [0.2, 0.25) is 10.0 Å². The molecule has 0 unspecified atom stereocenters. The van der Waals surface area contributed by atoms with Gasteiger partial charge in [-0.25, -0.2) is 13.1 Å². The van der Waals surface area contributed by atoms with Crippen LogP contribution in [0.15, 0.2) is 57.1 Å². The van der Waals surface area contributed by atoms with E-state index in [1.165, 1.54) is 18.4 Å². The van der Waals surface area contributed by atoms with E-state index in [-0.39, 0.29) is 11.4 Å². The second-order valence-electron chi connectivity index (χ2n) is 4.82. The lowest BCUT2D eigenvalue weighted by Gasteiger charge is -2.07. The van der Waals surface area contributed by atoms with Crippen LogP contribution in [0.3, 0.4) is 0 Å². The van der Waals surface area contributed by atoms with Gasteiger partial charge in [0, 0.05) is 7.05 Å². The lowest BCUT2D eigenvalue weighted by molar-refractivity contribution is 0.498. The molecule has 128 valence electrons. The Labute approximate surface area is 146 Å². The van der Waals surface area contributed by atoms with Gasteiger partial charge in [-0.15, -0.1) is 0 Å². The van der Waals surface area contributed by atoms with Crippen LogP contribution < -0.4 is 15.5 Å². The summed E-state index contributed by atoms with van der Waals surface area (Å²) in [5, 5.41) is 7.26. The fraction of sp³-hybridized carbons (Fsp3) is 0.200. The van der Waals surface area contributed by atoms with Crippen LogP contribution in [0.4, 0.5) is 0 Å². The fourth-order valence-electron chi connectivity index (χ4n) is 1.79. The Morgan fingerprint density at radius 2 is 1.96 bits per heavy atom. The summed E-state index contributed by atoms with van der Waals surface area (Å²) < 4.78 is 32.1. The van der Waals surface area contributed by atoms with Crippen LogP contribution in [0, 0.1) is 0 Å². The first-order valence-corrected chi connectivity index (χ1v) is 8.96. The van der Waals surface area contributed by atoms with Crippen LogP contribution in [-0.4, -0.2) is 26.3 Å². The van der Waals surface area contributed by atoms with Crippen LogP contribution in [0.5, 0.6) is 0 Å². The predicted octanol–water partition coefficient (Wildman–Crippen LogP) is 1.58. The Morgan fingerprint density at radius 3 is 2.54 bits per heavy atom. The molecule has 1 aromatic heterocycles. The molecule has 0 radical (unpaired) electrons. The van der Waals surface area contributed by atoms with Gasteiger partial charge >= 0.3 is 0 Å². The van der Waals surface area contributed by atoms with Crippen molar-refractivity contribution in [1.29, 1.82) is 0 Å². The van der Waals surface area contributed by atoms with E-state index < -0.39 is 10.0 Å². The number of sulfonamides is 1. The Kier molecular flexibility index (Phi) is 6.07. The van der Waals surface area contributed by atoms with Crippen molar-refractivity contribution >= 4 is 33.1 Å². The average molecular weight is 366 g/mol. The molecule has 7 nitrogen and oxygen atoms in total. The molecule has 0 spiro atoms. The standard InChI is InChI=1S/C15H18N4O3S2/c1-11(18-19-15(23)16-2)12-5-7-14(8-6-12)24(20,21)17-10-13-4-3-9-22-13/h3-9,17H,10H2,1-2H3,(H2,16,19,23)/b18-11+. The van der Waals surface area contributed by atoms with Crippen LogP contribution in [-0.2, 0) is 16.6 Å². The minimum Gasteiger partial charge on any atom is -0.468 e. The van der Waals surface area contributed by atoms with Crippen LogP contribution in [0.25, 0.3) is 0 Å². The molecule has 9 heteroatoms. The summed E-state index contributed by atoms with van der Waals surface area (Å²) in [6, 6.07) is 9.82. The molecule has 0 fully saturated rings. The summed E-state index contributed by atoms with van der Waals surface area (Å²) in [6.07, 6.45) is 1.49. The summed E-state index contributed by atoms with van der Waals surface area (Å²) >= 11 is 4.93. The summed E-state index contributed by atoms with van der Waals surface area (Å²) in [4.78, 5) is 0.171. The van der Waals surface area contributed by atoms with Crippen molar-refractivity contribution in [2.45, 2.75) is 18.4 Å². The first kappa shape index (κ1) is 18.1. The van der Waals surface area contributed by atoms with Crippen molar-refractivity contribution in [2.75, 3.05) is 7.05 Å². The monoisotopic (exact) mass is 366 g/mol. The summed E-state index contributed by atoms with van der Waals surface area (Å²) in [6.45, 7) is 1.90. The van der Waals surface area contributed by atoms with E-state index in [4.69, 9.17) is 16.6 Å². The highest BCUT2D eigenvalue weighted by Crippen LogP contribution is 2.12. The molecule has 2 aromatic rings. The summed E-state index contributed by atoms with van der Waals surface area (Å²) in [5.74, 6) is 0.546. The third-order valence-corrected chi connectivity index (χ3v) is 4.86. The number of hydrogen-bond donors (Lipinski definition) is 3. The summed E-state index contributed by atoms with van der Waals surface area (Å²) in [5.41, 5.74) is 4.14. The molecule has 0 aliphatic rings. The Balaban J connectivity index is 2.06. The van der Waals surface area contributed by atoms with Gasteiger partial charge in [-0.05, 0) is 49.0 Å². The maximum absolute atomic E-state index is 12.2. The SMILES string of the molecule is CNC(=S)N/N=C(\C)c1ccc(S(=O)(=O)NCc2ccco2)cc1. The zero-order valence-electron chi connectivity index (χ0n) is 13.2. The maximum atomic E-state index is 12.2. The van der Waals surface area contributed by atoms with Gasteiger partial charge in [-0.3, -0.25) is 5.43 Å². The molecule has 2 rings (SSSR count). The van der Waals surface area contributed by atoms with Crippen molar-refractivity contribution in [2.24, 2.45) is 5.10 Å². The minimum absolute atomic E-state index is 0.100. The average Bonchev–Trinajstić information content (AvgIpc) is 3.11. The van der Waals surface area contributed by atoms with Crippen LogP contribution in [0.1, 0.15) is 18.2 Å². The van der Waals surface area contributed by atoms with E-state index in [0.717, 1.165) is 5.56 Å². The highest BCUT2D eigenvalue weighted by Gasteiger charge is 2.14. The molecule has 1 aromatic carbocycles. The molecule has 0 atom stereocenters. The number of nitrogens with zero attached hydrogens (tertiary/aromatic N) is 1. The molecule has 1 heterocycles. The zero-order chi connectivity index (χ0) is 17.6. The van der Waals surface area contributed by atoms with E-state index in [1.807, 2.05) is 0 Å². The van der Waals surface area contributed by atoms with Crippen molar-refractivity contribution in [3.8, 4) is 0 Å². The molecule has 0 aliphatic carbocycles. The third-order valence-electron chi connectivity index (χ3n) is 3.15. The quantitative estimate of drug-likeness (QED) is 0.408. The molecular weight excluding hydrogens is 348 g/mol. The van der Waals surface area contributed by atoms with E-state index >= 15 is 0 Å². The van der Waals surface area contributed by atoms with Gasteiger partial charge in [-0.1, -0.05) is 12.1 Å². The first-order valence-electron chi connectivity index (χ1n) is 7.07. The Morgan fingerprint density at radius 1 is 1.25 bits per heavy atom. The van der Waals surface area contributed by atoms with E-state index in [0.29, 0.717) is 16.6 Å². The van der Waals surface area contributed by atoms with Gasteiger partial charge < -0.3 is 9.73 Å². The number of nitrogens with one attached hydrogen (secondary N) is 3. The van der Waals surface area contributed by atoms with Crippen LogP contribution >= 0.6 is 12.2 Å². The predicted molar refractivity (Wildman–Crippen MR) is 96.2 cm³/mol. The van der Waals surface area contributed by atoms with Gasteiger partial charge in [0.1, 0.15) is 5.76 Å². The molecule has 24 heavy (non-hydrogen) atoms. The van der Waals surface area contributed by atoms with Gasteiger partial charge in [0.15, 0.2) is 5.11 Å². The first-order chi connectivity index (χ1) is 11.4. The largest absolute Gasteiger partial charge is 0.468 e. The van der Waals surface area contributed by atoms with Gasteiger partial charge in [-0.2, -0.15) is 5.10 Å². The number of hydrazone groups is 1. The molecule has 0 saturated carbocycles. The smallest absolute Gasteiger partial charge is 0.240 e. The van der Waals surface area contributed by atoms with Gasteiger partial charge in [0.05, 0.1) is 23.4 Å². The molecular formula is C15H18N4O3S2. The lowest BCUT2D eigenvalue weighted by atomic mass is 10.1. The van der Waals surface area contributed by atoms with Crippen molar-refractivity contribution in [1.82, 2.24) is 15.5 Å². The highest BCUT2D eigenvalue weighted by atomic mass is 32.2. The van der Waals surface area contributed by atoms with Gasteiger partial charge in [0.25, 0.3) is 0 Å². The van der Waals surface area contributed by atoms with Crippen LogP contribution in [0.2, 0.25) is 0 Å². The lowest BCUT2D eigenvalue weighted by Crippen LogP contribution is -2.29. The number of thiocarbonyl (C=S) groups is 1. The molecule has 0 bridgehead atoms. The van der Waals surface area contributed by atoms with Crippen molar-refractivity contribution in [3.05, 3.63) is 54.0 Å². The number of furan rings is 1.